The fourth-order valence-electron chi connectivity index (χ4n) is 2.71. The van der Waals surface area contributed by atoms with Gasteiger partial charge >= 0.3 is 0 Å². The fourth-order valence-corrected chi connectivity index (χ4v) is 2.71. The smallest absolute Gasteiger partial charge is 0.169 e. The van der Waals surface area contributed by atoms with Gasteiger partial charge in [-0.15, -0.1) is 0 Å². The summed E-state index contributed by atoms with van der Waals surface area (Å²) in [5.74, 6) is 0.349. The molecule has 1 heterocycles. The first kappa shape index (κ1) is 11.2. The molecule has 1 aromatic heterocycles. The largest absolute Gasteiger partial charge is 0.294 e. The molecular weight excluding hydrogens is 224 g/mol. The van der Waals surface area contributed by atoms with Crippen LogP contribution in [0.5, 0.6) is 0 Å². The van der Waals surface area contributed by atoms with Crippen LogP contribution in [0, 0.1) is 5.92 Å². The van der Waals surface area contributed by atoms with Gasteiger partial charge < -0.3 is 0 Å². The van der Waals surface area contributed by atoms with E-state index in [0.29, 0.717) is 0 Å². The van der Waals surface area contributed by atoms with Crippen molar-refractivity contribution in [3.05, 3.63) is 53.3 Å². The number of carbonyl (C=O) groups is 1. The van der Waals surface area contributed by atoms with Gasteiger partial charge in [-0.2, -0.15) is 5.10 Å². The van der Waals surface area contributed by atoms with Gasteiger partial charge in [0.25, 0.3) is 0 Å². The summed E-state index contributed by atoms with van der Waals surface area (Å²) < 4.78 is 1.68. The second kappa shape index (κ2) is 4.41. The molecule has 1 atom stereocenters. The zero-order chi connectivity index (χ0) is 12.5. The first-order valence-corrected chi connectivity index (χ1v) is 6.33. The zero-order valence-electron chi connectivity index (χ0n) is 10.5. The van der Waals surface area contributed by atoms with E-state index in [4.69, 9.17) is 0 Å². The summed E-state index contributed by atoms with van der Waals surface area (Å²) in [5, 5.41) is 4.07. The van der Waals surface area contributed by atoms with Crippen LogP contribution in [0.4, 0.5) is 0 Å². The molecule has 3 nitrogen and oxygen atoms in total. The van der Waals surface area contributed by atoms with Crippen molar-refractivity contribution in [1.29, 1.82) is 0 Å². The molecular formula is C15H16N2O. The van der Waals surface area contributed by atoms with Crippen molar-refractivity contribution in [2.45, 2.75) is 19.3 Å². The zero-order valence-corrected chi connectivity index (χ0v) is 10.5. The number of aryl methyl sites for hydroxylation is 2. The van der Waals surface area contributed by atoms with Gasteiger partial charge in [-0.3, -0.25) is 9.48 Å². The van der Waals surface area contributed by atoms with Crippen LogP contribution in [0.25, 0.3) is 0 Å². The molecule has 92 valence electrons. The lowest BCUT2D eigenvalue weighted by molar-refractivity contribution is 0.0908. The lowest BCUT2D eigenvalue weighted by atomic mass is 9.80. The Balaban J connectivity index is 1.82. The number of fused-ring (bicyclic) bond motifs is 1. The van der Waals surface area contributed by atoms with E-state index in [-0.39, 0.29) is 11.7 Å². The maximum Gasteiger partial charge on any atom is 0.169 e. The number of ketones is 1. The highest BCUT2D eigenvalue weighted by Gasteiger charge is 2.25. The Labute approximate surface area is 106 Å². The molecule has 0 aliphatic heterocycles. The molecule has 0 fully saturated rings. The molecule has 0 N–H and O–H groups in total. The summed E-state index contributed by atoms with van der Waals surface area (Å²) in [4.78, 5) is 12.4. The summed E-state index contributed by atoms with van der Waals surface area (Å²) in [6.07, 6.45) is 6.30. The Morgan fingerprint density at radius 2 is 2.11 bits per heavy atom. The predicted octanol–water partition coefficient (Wildman–Crippen LogP) is 2.41. The van der Waals surface area contributed by atoms with Gasteiger partial charge in [-0.05, 0) is 30.4 Å². The van der Waals surface area contributed by atoms with E-state index in [2.05, 4.69) is 29.4 Å². The van der Waals surface area contributed by atoms with E-state index in [1.54, 1.807) is 10.9 Å². The quantitative estimate of drug-likeness (QED) is 0.755. The monoisotopic (exact) mass is 240 g/mol. The molecule has 0 amide bonds. The number of benzene rings is 1. The van der Waals surface area contributed by atoms with Crippen LogP contribution in [-0.2, 0) is 19.9 Å². The number of hydrogen-bond acceptors (Lipinski definition) is 2. The highest BCUT2D eigenvalue weighted by Crippen LogP contribution is 2.27. The minimum atomic E-state index is 0.115. The van der Waals surface area contributed by atoms with Gasteiger partial charge in [-0.1, -0.05) is 24.3 Å². The van der Waals surface area contributed by atoms with Crippen molar-refractivity contribution in [2.24, 2.45) is 13.0 Å². The van der Waals surface area contributed by atoms with Crippen LogP contribution >= 0.6 is 0 Å². The fraction of sp³-hybridized carbons (Fsp3) is 0.333. The SMILES string of the molecule is Cn1cc(C(=O)C2CCc3ccccc3C2)cn1. The second-order valence-corrected chi connectivity index (χ2v) is 4.98. The van der Waals surface area contributed by atoms with E-state index in [0.717, 1.165) is 24.8 Å². The summed E-state index contributed by atoms with van der Waals surface area (Å²) in [7, 11) is 1.84. The average molecular weight is 240 g/mol. The molecule has 3 rings (SSSR count). The molecule has 0 saturated carbocycles. The first-order valence-electron chi connectivity index (χ1n) is 6.33. The van der Waals surface area contributed by atoms with E-state index >= 15 is 0 Å². The number of rotatable bonds is 2. The van der Waals surface area contributed by atoms with E-state index < -0.39 is 0 Å². The van der Waals surface area contributed by atoms with Crippen molar-refractivity contribution >= 4 is 5.78 Å². The Bertz CT molecular complexity index is 586. The highest BCUT2D eigenvalue weighted by molar-refractivity contribution is 5.97. The van der Waals surface area contributed by atoms with Gasteiger partial charge in [-0.25, -0.2) is 0 Å². The van der Waals surface area contributed by atoms with Crippen LogP contribution in [0.1, 0.15) is 27.9 Å². The number of hydrogen-bond donors (Lipinski definition) is 0. The molecule has 2 aromatic rings. The van der Waals surface area contributed by atoms with Crippen LogP contribution < -0.4 is 0 Å². The lowest BCUT2D eigenvalue weighted by Crippen LogP contribution is -2.22. The molecule has 0 radical (unpaired) electrons. The van der Waals surface area contributed by atoms with Crippen molar-refractivity contribution < 1.29 is 4.79 Å². The van der Waals surface area contributed by atoms with Crippen LogP contribution in [0.15, 0.2) is 36.7 Å². The highest BCUT2D eigenvalue weighted by atomic mass is 16.1. The predicted molar refractivity (Wildman–Crippen MR) is 69.5 cm³/mol. The molecule has 0 saturated heterocycles. The Morgan fingerprint density at radius 3 is 2.83 bits per heavy atom. The average Bonchev–Trinajstić information content (AvgIpc) is 2.84. The van der Waals surface area contributed by atoms with E-state index in [1.165, 1.54) is 11.1 Å². The first-order chi connectivity index (χ1) is 8.74. The minimum absolute atomic E-state index is 0.115. The number of Topliss-reactive ketones (excluding diaryl/α,β-unsaturated/α-hetero) is 1. The van der Waals surface area contributed by atoms with Gasteiger partial charge in [0.15, 0.2) is 5.78 Å². The Kier molecular flexibility index (Phi) is 2.74. The maximum absolute atomic E-state index is 12.4. The van der Waals surface area contributed by atoms with Crippen LogP contribution in [-0.4, -0.2) is 15.6 Å². The summed E-state index contributed by atoms with van der Waals surface area (Å²) in [6.45, 7) is 0. The number of aromatic nitrogens is 2. The molecule has 18 heavy (non-hydrogen) atoms. The van der Waals surface area contributed by atoms with Crippen LogP contribution in [0.3, 0.4) is 0 Å². The third-order valence-electron chi connectivity index (χ3n) is 3.71. The van der Waals surface area contributed by atoms with Gasteiger partial charge in [0, 0.05) is 19.2 Å². The molecule has 0 spiro atoms. The third-order valence-corrected chi connectivity index (χ3v) is 3.71. The minimum Gasteiger partial charge on any atom is -0.294 e. The van der Waals surface area contributed by atoms with Crippen LogP contribution in [0.2, 0.25) is 0 Å². The lowest BCUT2D eigenvalue weighted by Gasteiger charge is -2.23. The van der Waals surface area contributed by atoms with Crippen molar-refractivity contribution in [2.75, 3.05) is 0 Å². The van der Waals surface area contributed by atoms with Crippen molar-refractivity contribution in [3.63, 3.8) is 0 Å². The summed E-state index contributed by atoms with van der Waals surface area (Å²) in [6, 6.07) is 8.43. The van der Waals surface area contributed by atoms with Gasteiger partial charge in [0.05, 0.1) is 11.8 Å². The second-order valence-electron chi connectivity index (χ2n) is 4.98. The van der Waals surface area contributed by atoms with E-state index in [9.17, 15) is 4.79 Å². The number of nitrogens with zero attached hydrogens (tertiary/aromatic N) is 2. The van der Waals surface area contributed by atoms with Crippen molar-refractivity contribution in [3.8, 4) is 0 Å². The standard InChI is InChI=1S/C15H16N2O/c1-17-10-14(9-16-17)15(18)13-7-6-11-4-2-3-5-12(11)8-13/h2-5,9-10,13H,6-8H2,1H3. The molecule has 1 unspecified atom stereocenters. The van der Waals surface area contributed by atoms with Crippen molar-refractivity contribution in [1.82, 2.24) is 9.78 Å². The Hall–Kier alpha value is -1.90. The topological polar surface area (TPSA) is 34.9 Å². The number of carbonyl (C=O) groups excluding carboxylic acids is 1. The molecule has 1 aromatic carbocycles. The summed E-state index contributed by atoms with van der Waals surface area (Å²) >= 11 is 0. The van der Waals surface area contributed by atoms with E-state index in [1.807, 2.05) is 13.2 Å². The maximum atomic E-state index is 12.4. The summed E-state index contributed by atoms with van der Waals surface area (Å²) in [5.41, 5.74) is 3.46. The molecule has 1 aliphatic carbocycles. The normalized spacial score (nSPS) is 18.4. The third kappa shape index (κ3) is 1.96. The molecule has 1 aliphatic rings. The molecule has 3 heteroatoms. The molecule has 0 bridgehead atoms. The van der Waals surface area contributed by atoms with Gasteiger partial charge in [0.1, 0.15) is 0 Å². The van der Waals surface area contributed by atoms with Gasteiger partial charge in [0.2, 0.25) is 0 Å². The Morgan fingerprint density at radius 1 is 1.33 bits per heavy atom.